The van der Waals surface area contributed by atoms with Crippen LogP contribution in [-0.4, -0.2) is 58.6 Å². The summed E-state index contributed by atoms with van der Waals surface area (Å²) in [6.45, 7) is 4.39. The molecule has 0 aliphatic carbocycles. The van der Waals surface area contributed by atoms with Gasteiger partial charge in [-0.25, -0.2) is 0 Å². The smallest absolute Gasteiger partial charge is 0.191 e. The van der Waals surface area contributed by atoms with Crippen LogP contribution in [-0.2, 0) is 9.47 Å². The number of benzene rings is 1. The van der Waals surface area contributed by atoms with Crippen LogP contribution in [0.4, 0.5) is 0 Å². The molecule has 8 heteroatoms. The van der Waals surface area contributed by atoms with Gasteiger partial charge in [0.05, 0.1) is 19.3 Å². The van der Waals surface area contributed by atoms with E-state index in [0.717, 1.165) is 55.2 Å². The predicted octanol–water partition coefficient (Wildman–Crippen LogP) is 3.20. The number of hydrogen-bond acceptors (Lipinski definition) is 4. The van der Waals surface area contributed by atoms with Gasteiger partial charge in [0.2, 0.25) is 0 Å². The van der Waals surface area contributed by atoms with Gasteiger partial charge in [-0.2, -0.15) is 0 Å². The van der Waals surface area contributed by atoms with Crippen LogP contribution in [0.3, 0.4) is 0 Å². The van der Waals surface area contributed by atoms with Gasteiger partial charge in [0.25, 0.3) is 0 Å². The average molecular weight is 542 g/mol. The Labute approximate surface area is 181 Å². The third-order valence-electron chi connectivity index (χ3n) is 3.77. The van der Waals surface area contributed by atoms with Crippen molar-refractivity contribution in [2.45, 2.75) is 25.4 Å². The van der Waals surface area contributed by atoms with E-state index < -0.39 is 0 Å². The minimum atomic E-state index is 0. The van der Waals surface area contributed by atoms with Gasteiger partial charge in [-0.05, 0) is 37.5 Å². The highest BCUT2D eigenvalue weighted by molar-refractivity contribution is 14.0. The van der Waals surface area contributed by atoms with Crippen molar-refractivity contribution in [3.05, 3.63) is 28.7 Å². The Morgan fingerprint density at radius 2 is 2.15 bits per heavy atom. The summed E-state index contributed by atoms with van der Waals surface area (Å²) in [5.74, 6) is 1.62. The zero-order chi connectivity index (χ0) is 17.7. The van der Waals surface area contributed by atoms with Crippen LogP contribution in [0.15, 0.2) is 33.7 Å². The number of nitrogens with one attached hydrogen (secondary N) is 2. The standard InChI is InChI=1S/C18H28BrN3O3.HI/c1-20-18(21-8-4-10-23-14-17-7-3-11-24-17)22-9-12-25-16-6-2-5-15(19)13-16;/h2,5-6,13,17H,3-4,7-12,14H2,1H3,(H2,20,21,22);1H. The first-order chi connectivity index (χ1) is 12.3. The van der Waals surface area contributed by atoms with E-state index in [1.807, 2.05) is 24.3 Å². The van der Waals surface area contributed by atoms with Gasteiger partial charge in [-0.15, -0.1) is 24.0 Å². The second-order valence-corrected chi connectivity index (χ2v) is 6.71. The molecule has 0 bridgehead atoms. The Kier molecular flexibility index (Phi) is 13.1. The van der Waals surface area contributed by atoms with Gasteiger partial charge in [0.15, 0.2) is 5.96 Å². The average Bonchev–Trinajstić information content (AvgIpc) is 3.13. The largest absolute Gasteiger partial charge is 0.492 e. The van der Waals surface area contributed by atoms with Gasteiger partial charge in [0, 0.05) is 31.3 Å². The summed E-state index contributed by atoms with van der Waals surface area (Å²) in [6, 6.07) is 7.81. The lowest BCUT2D eigenvalue weighted by Crippen LogP contribution is -2.39. The zero-order valence-corrected chi connectivity index (χ0v) is 19.1. The van der Waals surface area contributed by atoms with E-state index in [1.54, 1.807) is 7.05 Å². The predicted molar refractivity (Wildman–Crippen MR) is 119 cm³/mol. The Balaban J connectivity index is 0.00000338. The van der Waals surface area contributed by atoms with Crippen LogP contribution in [0.5, 0.6) is 5.75 Å². The van der Waals surface area contributed by atoms with Gasteiger partial charge in [-0.3, -0.25) is 4.99 Å². The molecule has 0 saturated carbocycles. The highest BCUT2D eigenvalue weighted by Crippen LogP contribution is 2.17. The molecule has 2 N–H and O–H groups in total. The Bertz CT molecular complexity index is 528. The van der Waals surface area contributed by atoms with Gasteiger partial charge in [-0.1, -0.05) is 22.0 Å². The molecular formula is C18H29BrIN3O3. The summed E-state index contributed by atoms with van der Waals surface area (Å²) in [5.41, 5.74) is 0. The monoisotopic (exact) mass is 541 g/mol. The normalized spacial score (nSPS) is 16.8. The molecule has 0 radical (unpaired) electrons. The molecule has 148 valence electrons. The summed E-state index contributed by atoms with van der Waals surface area (Å²) >= 11 is 3.43. The molecule has 1 unspecified atom stereocenters. The Morgan fingerprint density at radius 1 is 1.31 bits per heavy atom. The zero-order valence-electron chi connectivity index (χ0n) is 15.2. The SMILES string of the molecule is CN=C(NCCCOCC1CCCO1)NCCOc1cccc(Br)c1.I. The van der Waals surface area contributed by atoms with Crippen molar-refractivity contribution >= 4 is 45.9 Å². The van der Waals surface area contributed by atoms with E-state index in [9.17, 15) is 0 Å². The maximum absolute atomic E-state index is 5.68. The Morgan fingerprint density at radius 3 is 2.88 bits per heavy atom. The van der Waals surface area contributed by atoms with E-state index in [-0.39, 0.29) is 24.0 Å². The maximum atomic E-state index is 5.68. The van der Waals surface area contributed by atoms with Crippen molar-refractivity contribution in [2.75, 3.05) is 46.6 Å². The summed E-state index contributed by atoms with van der Waals surface area (Å²) in [6.07, 6.45) is 3.51. The summed E-state index contributed by atoms with van der Waals surface area (Å²) in [4.78, 5) is 4.20. The number of halogens is 2. The van der Waals surface area contributed by atoms with Crippen molar-refractivity contribution < 1.29 is 14.2 Å². The number of guanidine groups is 1. The molecule has 26 heavy (non-hydrogen) atoms. The maximum Gasteiger partial charge on any atom is 0.191 e. The molecule has 0 aromatic heterocycles. The lowest BCUT2D eigenvalue weighted by Gasteiger charge is -2.13. The Hall–Kier alpha value is -0.580. The third-order valence-corrected chi connectivity index (χ3v) is 4.26. The fourth-order valence-corrected chi connectivity index (χ4v) is 2.87. The van der Waals surface area contributed by atoms with Crippen molar-refractivity contribution in [2.24, 2.45) is 4.99 Å². The van der Waals surface area contributed by atoms with Crippen molar-refractivity contribution in [1.82, 2.24) is 10.6 Å². The second kappa shape index (κ2) is 14.5. The fraction of sp³-hybridized carbons (Fsp3) is 0.611. The molecule has 1 saturated heterocycles. The van der Waals surface area contributed by atoms with E-state index in [2.05, 4.69) is 31.6 Å². The molecule has 1 heterocycles. The lowest BCUT2D eigenvalue weighted by molar-refractivity contribution is 0.0168. The molecule has 1 aliphatic rings. The third kappa shape index (κ3) is 9.94. The van der Waals surface area contributed by atoms with Crippen molar-refractivity contribution in [3.63, 3.8) is 0 Å². The van der Waals surface area contributed by atoms with Crippen LogP contribution in [0.1, 0.15) is 19.3 Å². The number of rotatable bonds is 10. The molecule has 1 aromatic carbocycles. The lowest BCUT2D eigenvalue weighted by atomic mass is 10.2. The van der Waals surface area contributed by atoms with E-state index in [1.165, 1.54) is 0 Å². The van der Waals surface area contributed by atoms with Crippen LogP contribution in [0, 0.1) is 0 Å². The topological polar surface area (TPSA) is 64.1 Å². The van der Waals surface area contributed by atoms with Crippen LogP contribution in [0.2, 0.25) is 0 Å². The number of ether oxygens (including phenoxy) is 3. The molecule has 0 amide bonds. The van der Waals surface area contributed by atoms with Crippen LogP contribution in [0.25, 0.3) is 0 Å². The molecule has 1 atom stereocenters. The first kappa shape index (κ1) is 23.5. The van der Waals surface area contributed by atoms with Crippen molar-refractivity contribution in [1.29, 1.82) is 0 Å². The molecule has 1 aliphatic heterocycles. The first-order valence-electron chi connectivity index (χ1n) is 8.80. The minimum Gasteiger partial charge on any atom is -0.492 e. The van der Waals surface area contributed by atoms with Crippen molar-refractivity contribution in [3.8, 4) is 5.75 Å². The summed E-state index contributed by atoms with van der Waals surface area (Å²) < 4.78 is 17.9. The van der Waals surface area contributed by atoms with Crippen LogP contribution >= 0.6 is 39.9 Å². The van der Waals surface area contributed by atoms with Gasteiger partial charge in [0.1, 0.15) is 12.4 Å². The summed E-state index contributed by atoms with van der Waals surface area (Å²) in [5, 5.41) is 6.50. The number of aliphatic imine (C=N–C) groups is 1. The highest BCUT2D eigenvalue weighted by Gasteiger charge is 2.14. The minimum absolute atomic E-state index is 0. The fourth-order valence-electron chi connectivity index (χ4n) is 2.49. The van der Waals surface area contributed by atoms with Gasteiger partial charge >= 0.3 is 0 Å². The molecule has 0 spiro atoms. The summed E-state index contributed by atoms with van der Waals surface area (Å²) in [7, 11) is 1.76. The number of hydrogen-bond donors (Lipinski definition) is 2. The van der Waals surface area contributed by atoms with E-state index >= 15 is 0 Å². The molecule has 2 rings (SSSR count). The highest BCUT2D eigenvalue weighted by atomic mass is 127. The molecule has 1 aromatic rings. The van der Waals surface area contributed by atoms with Crippen LogP contribution < -0.4 is 15.4 Å². The second-order valence-electron chi connectivity index (χ2n) is 5.80. The quantitative estimate of drug-likeness (QED) is 0.206. The molecule has 6 nitrogen and oxygen atoms in total. The van der Waals surface area contributed by atoms with E-state index in [4.69, 9.17) is 14.2 Å². The molecule has 1 fully saturated rings. The molecular weight excluding hydrogens is 513 g/mol. The van der Waals surface area contributed by atoms with Gasteiger partial charge < -0.3 is 24.8 Å². The van der Waals surface area contributed by atoms with E-state index in [0.29, 0.717) is 25.9 Å². The number of nitrogens with zero attached hydrogens (tertiary/aromatic N) is 1. The first-order valence-corrected chi connectivity index (χ1v) is 9.59.